The first kappa shape index (κ1) is 34.8. The Balaban J connectivity index is 0.000000246. The fraction of sp³-hybridized carbons (Fsp3) is 0.185. The lowest BCUT2D eigenvalue weighted by Crippen LogP contribution is -2.25. The van der Waals surface area contributed by atoms with E-state index in [-0.39, 0.29) is 31.8 Å². The molecule has 0 bridgehead atoms. The van der Waals surface area contributed by atoms with Crippen LogP contribution in [0.3, 0.4) is 0 Å². The van der Waals surface area contributed by atoms with E-state index in [0.29, 0.717) is 21.8 Å². The van der Waals surface area contributed by atoms with Gasteiger partial charge in [0.2, 0.25) is 10.0 Å². The van der Waals surface area contributed by atoms with Gasteiger partial charge in [0.25, 0.3) is 0 Å². The Kier molecular flexibility index (Phi) is 11.5. The second-order valence-electron chi connectivity index (χ2n) is 9.08. The van der Waals surface area contributed by atoms with Crippen molar-refractivity contribution in [1.82, 2.24) is 14.3 Å². The minimum absolute atomic E-state index is 0.0257. The van der Waals surface area contributed by atoms with Crippen LogP contribution in [0.15, 0.2) is 65.5 Å². The molecule has 0 atom stereocenters. The Bertz CT molecular complexity index is 1880. The molecule has 0 spiro atoms. The number of ether oxygens (including phenoxy) is 2. The number of nitrogens with zero attached hydrogens (tertiary/aromatic N) is 3. The zero-order chi connectivity index (χ0) is 33.5. The van der Waals surface area contributed by atoms with E-state index in [0.717, 1.165) is 17.9 Å². The minimum atomic E-state index is -3.65. The van der Waals surface area contributed by atoms with Crippen LogP contribution in [0.2, 0.25) is 10.0 Å². The van der Waals surface area contributed by atoms with E-state index in [1.807, 2.05) is 25.1 Å². The van der Waals surface area contributed by atoms with Crippen molar-refractivity contribution in [2.75, 3.05) is 28.7 Å². The Morgan fingerprint density at radius 1 is 0.933 bits per heavy atom. The summed E-state index contributed by atoms with van der Waals surface area (Å²) in [5.41, 5.74) is 0.870. The number of sulfonamides is 1. The van der Waals surface area contributed by atoms with E-state index >= 15 is 0 Å². The van der Waals surface area contributed by atoms with Gasteiger partial charge in [0.1, 0.15) is 11.6 Å². The number of nitrogens with one attached hydrogen (secondary N) is 3. The number of alkyl halides is 2. The molecule has 4 rings (SSSR count). The lowest BCUT2D eigenvalue weighted by molar-refractivity contribution is 0.0640. The van der Waals surface area contributed by atoms with Gasteiger partial charge in [-0.15, -0.1) is 5.10 Å². The summed E-state index contributed by atoms with van der Waals surface area (Å²) >= 11 is 11.8. The topological polar surface area (TPSA) is 163 Å². The number of halogens is 4. The summed E-state index contributed by atoms with van der Waals surface area (Å²) in [6.45, 7) is 0.0816. The summed E-state index contributed by atoms with van der Waals surface area (Å²) in [7, 11) is -2.38. The molecular formula is C27H26Cl2F2N6O7S. The molecule has 1 heterocycles. The van der Waals surface area contributed by atoms with Gasteiger partial charge in [-0.2, -0.15) is 13.5 Å². The van der Waals surface area contributed by atoms with Crippen LogP contribution in [-0.4, -0.2) is 48.3 Å². The van der Waals surface area contributed by atoms with Crippen LogP contribution < -0.4 is 25.8 Å². The van der Waals surface area contributed by atoms with Crippen LogP contribution >= 0.6 is 23.2 Å². The summed E-state index contributed by atoms with van der Waals surface area (Å²) in [4.78, 5) is 35.0. The van der Waals surface area contributed by atoms with Crippen molar-refractivity contribution < 1.29 is 36.3 Å². The molecule has 18 heteroatoms. The summed E-state index contributed by atoms with van der Waals surface area (Å²) in [6.07, 6.45) is -0.304. The monoisotopic (exact) mass is 686 g/mol. The lowest BCUT2D eigenvalue weighted by atomic mass is 10.2. The van der Waals surface area contributed by atoms with E-state index in [9.17, 15) is 31.6 Å². The average Bonchev–Trinajstić information content (AvgIpc) is 3.23. The van der Waals surface area contributed by atoms with Gasteiger partial charge in [0.05, 0.1) is 34.8 Å². The lowest BCUT2D eigenvalue weighted by Gasteiger charge is -2.10. The van der Waals surface area contributed by atoms with E-state index in [1.165, 1.54) is 26.2 Å². The van der Waals surface area contributed by atoms with Gasteiger partial charge < -0.3 is 9.47 Å². The number of carbonyl (C=O) groups is 2. The van der Waals surface area contributed by atoms with Gasteiger partial charge in [0, 0.05) is 17.4 Å². The highest BCUT2D eigenvalue weighted by Crippen LogP contribution is 2.31. The van der Waals surface area contributed by atoms with Crippen LogP contribution in [0.1, 0.15) is 17.9 Å². The maximum absolute atomic E-state index is 12.8. The predicted octanol–water partition coefficient (Wildman–Crippen LogP) is 6.20. The van der Waals surface area contributed by atoms with Crippen molar-refractivity contribution >= 4 is 62.5 Å². The van der Waals surface area contributed by atoms with Crippen molar-refractivity contribution in [2.45, 2.75) is 20.4 Å². The van der Waals surface area contributed by atoms with Gasteiger partial charge in [-0.25, -0.2) is 27.4 Å². The Labute approximate surface area is 265 Å². The minimum Gasteiger partial charge on any atom is -0.453 e. The molecular weight excluding hydrogens is 661 g/mol. The van der Waals surface area contributed by atoms with Crippen molar-refractivity contribution in [3.05, 3.63) is 92.6 Å². The number of hydrogen-bond acceptors (Lipinski definition) is 8. The molecule has 45 heavy (non-hydrogen) atoms. The van der Waals surface area contributed by atoms with E-state index in [1.54, 1.807) is 24.3 Å². The predicted molar refractivity (Wildman–Crippen MR) is 166 cm³/mol. The smallest absolute Gasteiger partial charge is 0.417 e. The van der Waals surface area contributed by atoms with Crippen LogP contribution in [0.4, 0.5) is 35.4 Å². The maximum atomic E-state index is 12.8. The number of methoxy groups -OCH3 is 1. The van der Waals surface area contributed by atoms with Crippen molar-refractivity contribution in [1.29, 1.82) is 0 Å². The SMILES string of the molecule is COC(=O)Nc1cccc(OC(=O)Nc2cccc(C)c2)c1.Cc1nn(-c2cc(NS(C)(=O)=O)c(Cl)cc2Cl)c(=O)n1C(F)F. The zero-order valence-corrected chi connectivity index (χ0v) is 26.3. The fourth-order valence-corrected chi connectivity index (χ4v) is 4.75. The van der Waals surface area contributed by atoms with Crippen LogP contribution in [0.25, 0.3) is 5.69 Å². The number of aryl methyl sites for hydroxylation is 2. The van der Waals surface area contributed by atoms with E-state index < -0.39 is 34.4 Å². The van der Waals surface area contributed by atoms with Gasteiger partial charge in [-0.05, 0) is 55.8 Å². The standard InChI is InChI=1S/C16H16N2O4.C11H10Cl2F2N4O3S/c1-11-5-3-6-12(9-11)18-16(20)22-14-8-4-7-13(10-14)17-15(19)21-2;1-5-16-19(11(20)18(5)10(14)15)9-4-8(17-23(2,21)22)6(12)3-7(9)13/h3-10H,1-2H3,(H,17,19)(H,18,20);3-4,10,17H,1-2H3. The molecule has 0 saturated carbocycles. The number of anilines is 3. The molecule has 4 aromatic rings. The number of benzene rings is 3. The number of carbonyl (C=O) groups excluding carboxylic acids is 2. The molecule has 3 N–H and O–H groups in total. The first-order valence-electron chi connectivity index (χ1n) is 12.5. The summed E-state index contributed by atoms with van der Waals surface area (Å²) < 4.78 is 60.9. The maximum Gasteiger partial charge on any atom is 0.417 e. The second-order valence-corrected chi connectivity index (χ2v) is 11.6. The van der Waals surface area contributed by atoms with Gasteiger partial charge in [0.15, 0.2) is 0 Å². The van der Waals surface area contributed by atoms with Crippen molar-refractivity contribution in [3.8, 4) is 11.4 Å². The molecule has 13 nitrogen and oxygen atoms in total. The van der Waals surface area contributed by atoms with Crippen molar-refractivity contribution in [3.63, 3.8) is 0 Å². The number of amides is 2. The normalized spacial score (nSPS) is 10.9. The quantitative estimate of drug-likeness (QED) is 0.207. The zero-order valence-electron chi connectivity index (χ0n) is 24.0. The number of hydrogen-bond donors (Lipinski definition) is 3. The summed E-state index contributed by atoms with van der Waals surface area (Å²) in [5.74, 6) is 0.0766. The molecule has 1 aromatic heterocycles. The first-order valence-corrected chi connectivity index (χ1v) is 15.2. The third kappa shape index (κ3) is 9.92. The van der Waals surface area contributed by atoms with E-state index in [4.69, 9.17) is 27.9 Å². The van der Waals surface area contributed by atoms with Crippen LogP contribution in [0.5, 0.6) is 5.75 Å². The molecule has 2 amide bonds. The second kappa shape index (κ2) is 14.9. The molecule has 0 aliphatic rings. The molecule has 0 aliphatic heterocycles. The Morgan fingerprint density at radius 2 is 1.56 bits per heavy atom. The highest BCUT2D eigenvalue weighted by molar-refractivity contribution is 7.92. The summed E-state index contributed by atoms with van der Waals surface area (Å²) in [5, 5.41) is 8.75. The molecule has 240 valence electrons. The Hall–Kier alpha value is -4.67. The van der Waals surface area contributed by atoms with Gasteiger partial charge in [-0.3, -0.25) is 15.4 Å². The van der Waals surface area contributed by atoms with Crippen LogP contribution in [0, 0.1) is 13.8 Å². The number of aromatic nitrogens is 3. The molecule has 0 saturated heterocycles. The molecule has 0 fully saturated rings. The summed E-state index contributed by atoms with van der Waals surface area (Å²) in [6, 6.07) is 16.1. The number of rotatable bonds is 7. The third-order valence-electron chi connectivity index (χ3n) is 5.48. The average molecular weight is 688 g/mol. The van der Waals surface area contributed by atoms with E-state index in [2.05, 4.69) is 25.2 Å². The molecule has 0 aliphatic carbocycles. The highest BCUT2D eigenvalue weighted by Gasteiger charge is 2.21. The highest BCUT2D eigenvalue weighted by atomic mass is 35.5. The largest absolute Gasteiger partial charge is 0.453 e. The molecule has 0 radical (unpaired) electrons. The van der Waals surface area contributed by atoms with Crippen molar-refractivity contribution in [2.24, 2.45) is 0 Å². The van der Waals surface area contributed by atoms with Crippen LogP contribution in [-0.2, 0) is 14.8 Å². The van der Waals surface area contributed by atoms with Gasteiger partial charge >= 0.3 is 24.4 Å². The fourth-order valence-electron chi connectivity index (χ4n) is 3.62. The molecule has 3 aromatic carbocycles. The first-order chi connectivity index (χ1) is 21.1. The third-order valence-corrected chi connectivity index (χ3v) is 6.68. The van der Waals surface area contributed by atoms with Gasteiger partial charge in [-0.1, -0.05) is 41.4 Å². The molecule has 0 unspecified atom stereocenters. The Morgan fingerprint density at radius 3 is 2.13 bits per heavy atom.